The van der Waals surface area contributed by atoms with E-state index in [1.807, 2.05) is 13.8 Å². The van der Waals surface area contributed by atoms with Gasteiger partial charge in [-0.2, -0.15) is 4.52 Å². The van der Waals surface area contributed by atoms with Crippen molar-refractivity contribution < 1.29 is 14.3 Å². The van der Waals surface area contributed by atoms with Crippen LogP contribution in [0.2, 0.25) is 0 Å². The molecule has 2 heterocycles. The molecule has 3 rings (SSSR count). The molecular weight excluding hydrogens is 342 g/mol. The monoisotopic (exact) mass is 359 g/mol. The van der Waals surface area contributed by atoms with E-state index in [0.717, 1.165) is 5.56 Å². The summed E-state index contributed by atoms with van der Waals surface area (Å²) < 4.78 is 12.5. The zero-order valence-electron chi connectivity index (χ0n) is 14.1. The molecule has 0 atom stereocenters. The number of fused-ring (bicyclic) bond motifs is 1. The summed E-state index contributed by atoms with van der Waals surface area (Å²) in [6.45, 7) is 5.55. The number of carbonyl (C=O) groups is 1. The third kappa shape index (κ3) is 3.53. The van der Waals surface area contributed by atoms with Crippen molar-refractivity contribution in [1.29, 1.82) is 0 Å². The molecule has 0 fully saturated rings. The molecular formula is C17H17N3O4S. The van der Waals surface area contributed by atoms with Crippen molar-refractivity contribution in [2.24, 2.45) is 0 Å². The summed E-state index contributed by atoms with van der Waals surface area (Å²) in [6, 6.07) is 5.14. The first-order valence-corrected chi connectivity index (χ1v) is 8.69. The first kappa shape index (κ1) is 17.1. The van der Waals surface area contributed by atoms with Crippen LogP contribution in [0.5, 0.6) is 11.5 Å². The van der Waals surface area contributed by atoms with Gasteiger partial charge in [0.1, 0.15) is 0 Å². The zero-order chi connectivity index (χ0) is 18.0. The van der Waals surface area contributed by atoms with Crippen molar-refractivity contribution in [3.05, 3.63) is 44.5 Å². The lowest BCUT2D eigenvalue weighted by molar-refractivity contribution is -0.132. The lowest BCUT2D eigenvalue weighted by atomic mass is 10.2. The number of benzene rings is 1. The molecule has 7 nitrogen and oxygen atoms in total. The SMILES string of the molecule is CCOc1cc(/C=c2\sc3nc(CC)nn3c2=O)ccc1OC(C)=O. The van der Waals surface area contributed by atoms with Crippen LogP contribution in [-0.2, 0) is 11.2 Å². The molecule has 2 aromatic heterocycles. The van der Waals surface area contributed by atoms with E-state index in [1.54, 1.807) is 24.3 Å². The molecule has 0 aliphatic heterocycles. The molecule has 130 valence electrons. The predicted molar refractivity (Wildman–Crippen MR) is 94.2 cm³/mol. The van der Waals surface area contributed by atoms with Crippen LogP contribution in [0.25, 0.3) is 11.0 Å². The third-order valence-electron chi connectivity index (χ3n) is 3.36. The molecule has 0 saturated carbocycles. The molecule has 0 N–H and O–H groups in total. The highest BCUT2D eigenvalue weighted by Crippen LogP contribution is 2.29. The van der Waals surface area contributed by atoms with Crippen molar-refractivity contribution in [3.8, 4) is 11.5 Å². The summed E-state index contributed by atoms with van der Waals surface area (Å²) in [6.07, 6.45) is 2.43. The Labute approximate surface area is 147 Å². The van der Waals surface area contributed by atoms with E-state index in [1.165, 1.54) is 22.8 Å². The van der Waals surface area contributed by atoms with Crippen LogP contribution < -0.4 is 19.6 Å². The fourth-order valence-corrected chi connectivity index (χ4v) is 3.22. The van der Waals surface area contributed by atoms with E-state index in [9.17, 15) is 9.59 Å². The average molecular weight is 359 g/mol. The fraction of sp³-hybridized carbons (Fsp3) is 0.294. The summed E-state index contributed by atoms with van der Waals surface area (Å²) in [5, 5.41) is 4.19. The minimum atomic E-state index is -0.420. The maximum atomic E-state index is 12.4. The molecule has 8 heteroatoms. The van der Waals surface area contributed by atoms with Gasteiger partial charge in [-0.05, 0) is 30.7 Å². The highest BCUT2D eigenvalue weighted by molar-refractivity contribution is 7.15. The maximum Gasteiger partial charge on any atom is 0.308 e. The number of nitrogens with zero attached hydrogens (tertiary/aromatic N) is 3. The number of hydrogen-bond donors (Lipinski definition) is 0. The van der Waals surface area contributed by atoms with E-state index in [2.05, 4.69) is 10.1 Å². The van der Waals surface area contributed by atoms with E-state index in [4.69, 9.17) is 9.47 Å². The predicted octanol–water partition coefficient (Wildman–Crippen LogP) is 1.59. The average Bonchev–Trinajstić information content (AvgIpc) is 3.10. The van der Waals surface area contributed by atoms with Gasteiger partial charge in [-0.1, -0.05) is 24.3 Å². The van der Waals surface area contributed by atoms with Crippen LogP contribution >= 0.6 is 11.3 Å². The summed E-state index contributed by atoms with van der Waals surface area (Å²) >= 11 is 1.28. The van der Waals surface area contributed by atoms with Gasteiger partial charge in [-0.25, -0.2) is 4.98 Å². The van der Waals surface area contributed by atoms with E-state index < -0.39 is 5.97 Å². The molecule has 25 heavy (non-hydrogen) atoms. The van der Waals surface area contributed by atoms with Crippen molar-refractivity contribution in [3.63, 3.8) is 0 Å². The fourth-order valence-electron chi connectivity index (χ4n) is 2.30. The van der Waals surface area contributed by atoms with Crippen LogP contribution in [0.4, 0.5) is 0 Å². The van der Waals surface area contributed by atoms with Gasteiger partial charge in [0.2, 0.25) is 4.96 Å². The third-order valence-corrected chi connectivity index (χ3v) is 4.32. The Hall–Kier alpha value is -2.74. The maximum absolute atomic E-state index is 12.4. The summed E-state index contributed by atoms with van der Waals surface area (Å²) in [5.41, 5.74) is 0.561. The quantitative estimate of drug-likeness (QED) is 0.508. The van der Waals surface area contributed by atoms with Crippen molar-refractivity contribution in [2.45, 2.75) is 27.2 Å². The number of ether oxygens (including phenoxy) is 2. The summed E-state index contributed by atoms with van der Waals surface area (Å²) in [7, 11) is 0. The zero-order valence-corrected chi connectivity index (χ0v) is 14.9. The first-order chi connectivity index (χ1) is 12.0. The van der Waals surface area contributed by atoms with Gasteiger partial charge in [0.15, 0.2) is 17.3 Å². The number of hydrogen-bond acceptors (Lipinski definition) is 7. The van der Waals surface area contributed by atoms with E-state index in [-0.39, 0.29) is 5.56 Å². The molecule has 0 aliphatic carbocycles. The largest absolute Gasteiger partial charge is 0.490 e. The lowest BCUT2D eigenvalue weighted by Gasteiger charge is -2.10. The minimum Gasteiger partial charge on any atom is -0.490 e. The first-order valence-electron chi connectivity index (χ1n) is 7.87. The number of rotatable bonds is 5. The second kappa shape index (κ2) is 7.02. The van der Waals surface area contributed by atoms with Crippen LogP contribution in [-0.4, -0.2) is 27.2 Å². The molecule has 0 aliphatic rings. The smallest absolute Gasteiger partial charge is 0.308 e. The van der Waals surface area contributed by atoms with Crippen LogP contribution in [0, 0.1) is 0 Å². The van der Waals surface area contributed by atoms with Gasteiger partial charge in [-0.15, -0.1) is 5.10 Å². The van der Waals surface area contributed by atoms with Crippen LogP contribution in [0.15, 0.2) is 23.0 Å². The van der Waals surface area contributed by atoms with Gasteiger partial charge in [-0.3, -0.25) is 9.59 Å². The second-order valence-electron chi connectivity index (χ2n) is 5.22. The number of thiazole rings is 1. The Kier molecular flexibility index (Phi) is 4.80. The Balaban J connectivity index is 2.04. The molecule has 1 aromatic carbocycles. The second-order valence-corrected chi connectivity index (χ2v) is 6.23. The van der Waals surface area contributed by atoms with E-state index in [0.29, 0.717) is 39.8 Å². The minimum absolute atomic E-state index is 0.200. The number of aryl methyl sites for hydroxylation is 1. The van der Waals surface area contributed by atoms with Crippen molar-refractivity contribution in [2.75, 3.05) is 6.61 Å². The standard InChI is InChI=1S/C17H17N3O4S/c1-4-15-18-17-20(19-15)16(22)14(25-17)9-11-6-7-12(24-10(3)21)13(8-11)23-5-2/h6-9H,4-5H2,1-3H3/b14-9-. The van der Waals surface area contributed by atoms with Gasteiger partial charge in [0.25, 0.3) is 5.56 Å². The van der Waals surface area contributed by atoms with Gasteiger partial charge in [0.05, 0.1) is 11.1 Å². The number of carbonyl (C=O) groups excluding carboxylic acids is 1. The molecule has 0 spiro atoms. The highest BCUT2D eigenvalue weighted by Gasteiger charge is 2.11. The molecule has 0 saturated heterocycles. The van der Waals surface area contributed by atoms with Crippen molar-refractivity contribution >= 4 is 28.3 Å². The summed E-state index contributed by atoms with van der Waals surface area (Å²) in [5.74, 6) is 1.03. The molecule has 0 unspecified atom stereocenters. The molecule has 0 radical (unpaired) electrons. The Morgan fingerprint density at radius 2 is 2.12 bits per heavy atom. The Bertz CT molecular complexity index is 1040. The molecule has 3 aromatic rings. The number of esters is 1. The van der Waals surface area contributed by atoms with Gasteiger partial charge in [0, 0.05) is 13.3 Å². The topological polar surface area (TPSA) is 82.8 Å². The summed E-state index contributed by atoms with van der Waals surface area (Å²) in [4.78, 5) is 28.5. The lowest BCUT2D eigenvalue weighted by Crippen LogP contribution is -2.23. The normalized spacial score (nSPS) is 11.9. The van der Waals surface area contributed by atoms with E-state index >= 15 is 0 Å². The molecule has 0 amide bonds. The molecule has 0 bridgehead atoms. The van der Waals surface area contributed by atoms with Crippen LogP contribution in [0.3, 0.4) is 0 Å². The highest BCUT2D eigenvalue weighted by atomic mass is 32.1. The Morgan fingerprint density at radius 3 is 2.76 bits per heavy atom. The number of aromatic nitrogens is 3. The van der Waals surface area contributed by atoms with Crippen LogP contribution in [0.1, 0.15) is 32.2 Å². The van der Waals surface area contributed by atoms with Crippen molar-refractivity contribution in [1.82, 2.24) is 14.6 Å². The Morgan fingerprint density at radius 1 is 1.32 bits per heavy atom. The van der Waals surface area contributed by atoms with Gasteiger partial charge >= 0.3 is 5.97 Å². The van der Waals surface area contributed by atoms with Gasteiger partial charge < -0.3 is 9.47 Å².